The summed E-state index contributed by atoms with van der Waals surface area (Å²) in [4.78, 5) is 24.9. The second-order valence-electron chi connectivity index (χ2n) is 6.06. The number of rotatable bonds is 6. The Labute approximate surface area is 165 Å². The molecule has 6 nitrogen and oxygen atoms in total. The molecule has 0 saturated heterocycles. The van der Waals surface area contributed by atoms with Crippen molar-refractivity contribution in [3.8, 4) is 11.8 Å². The van der Waals surface area contributed by atoms with Crippen LogP contribution in [0.5, 0.6) is 5.75 Å². The summed E-state index contributed by atoms with van der Waals surface area (Å²) >= 11 is 1.39. The lowest BCUT2D eigenvalue weighted by Crippen LogP contribution is -2.20. The minimum Gasteiger partial charge on any atom is -0.494 e. The smallest absolute Gasteiger partial charge is 0.331 e. The highest BCUT2D eigenvalue weighted by Gasteiger charge is 2.23. The Morgan fingerprint density at radius 2 is 2.21 bits per heavy atom. The normalized spacial score (nSPS) is 12.5. The van der Waals surface area contributed by atoms with Crippen molar-refractivity contribution in [2.24, 2.45) is 0 Å². The number of aryl methyl sites for hydroxylation is 1. The molecule has 1 aliphatic rings. The van der Waals surface area contributed by atoms with Crippen LogP contribution in [0.15, 0.2) is 24.3 Å². The van der Waals surface area contributed by atoms with Gasteiger partial charge in [0.1, 0.15) is 11.1 Å². The number of fused-ring (bicyclic) bond motifs is 1. The summed E-state index contributed by atoms with van der Waals surface area (Å²) in [5.74, 6) is -1.70. The number of carbonyl (C=O) groups excluding carboxylic acids is 2. The molecule has 0 atom stereocenters. The number of anilines is 1. The third kappa shape index (κ3) is 4.38. The van der Waals surface area contributed by atoms with Crippen molar-refractivity contribution in [2.75, 3.05) is 19.0 Å². The Morgan fingerprint density at radius 3 is 2.93 bits per heavy atom. The lowest BCUT2D eigenvalue weighted by Gasteiger charge is -2.04. The van der Waals surface area contributed by atoms with Crippen LogP contribution in [0.1, 0.15) is 28.0 Å². The maximum atomic E-state index is 13.6. The third-order valence-corrected chi connectivity index (χ3v) is 5.43. The second kappa shape index (κ2) is 8.67. The molecule has 144 valence electrons. The van der Waals surface area contributed by atoms with Crippen molar-refractivity contribution in [2.45, 2.75) is 19.3 Å². The number of methoxy groups -OCH3 is 1. The maximum absolute atomic E-state index is 13.6. The summed E-state index contributed by atoms with van der Waals surface area (Å²) in [6, 6.07) is 6.38. The molecule has 0 saturated carbocycles. The molecule has 0 radical (unpaired) electrons. The molecule has 3 rings (SSSR count). The Kier molecular flexibility index (Phi) is 6.06. The number of hydrogen-bond acceptors (Lipinski definition) is 6. The second-order valence-corrected chi connectivity index (χ2v) is 7.16. The van der Waals surface area contributed by atoms with Gasteiger partial charge in [-0.2, -0.15) is 5.26 Å². The lowest BCUT2D eigenvalue weighted by atomic mass is 10.1. The zero-order chi connectivity index (χ0) is 20.1. The predicted molar refractivity (Wildman–Crippen MR) is 103 cm³/mol. The summed E-state index contributed by atoms with van der Waals surface area (Å²) < 4.78 is 23.3. The number of hydrogen-bond donors (Lipinski definition) is 1. The molecule has 1 aromatic heterocycles. The van der Waals surface area contributed by atoms with Crippen molar-refractivity contribution in [3.05, 3.63) is 51.7 Å². The average Bonchev–Trinajstić information content (AvgIpc) is 3.25. The van der Waals surface area contributed by atoms with E-state index >= 15 is 0 Å². The Bertz CT molecular complexity index is 991. The summed E-state index contributed by atoms with van der Waals surface area (Å²) in [5.41, 5.74) is 1.96. The predicted octanol–water partition coefficient (Wildman–Crippen LogP) is 3.45. The number of halogens is 1. The van der Waals surface area contributed by atoms with E-state index in [9.17, 15) is 19.2 Å². The molecule has 1 N–H and O–H groups in total. The first-order valence-corrected chi connectivity index (χ1v) is 9.36. The topological polar surface area (TPSA) is 88.4 Å². The highest BCUT2D eigenvalue weighted by molar-refractivity contribution is 7.16. The number of amides is 1. The molecule has 0 unspecified atom stereocenters. The van der Waals surface area contributed by atoms with E-state index in [1.165, 1.54) is 36.7 Å². The van der Waals surface area contributed by atoms with E-state index in [4.69, 9.17) is 9.47 Å². The molecule has 1 aromatic carbocycles. The Hall–Kier alpha value is -3.18. The van der Waals surface area contributed by atoms with Crippen molar-refractivity contribution in [3.63, 3.8) is 0 Å². The van der Waals surface area contributed by atoms with Crippen LogP contribution in [0.3, 0.4) is 0 Å². The number of nitrogens with zero attached hydrogens (tertiary/aromatic N) is 1. The fourth-order valence-corrected chi connectivity index (χ4v) is 4.16. The van der Waals surface area contributed by atoms with E-state index in [1.807, 2.05) is 0 Å². The molecule has 8 heteroatoms. The zero-order valence-electron chi connectivity index (χ0n) is 15.1. The SMILES string of the molecule is COc1ccc(/C=C/C(=O)OCC(=O)Nc2sc3c(c2C#N)CCC3)cc1F. The first kappa shape index (κ1) is 19.6. The number of benzene rings is 1. The van der Waals surface area contributed by atoms with Gasteiger partial charge in [-0.3, -0.25) is 4.79 Å². The first-order chi connectivity index (χ1) is 13.5. The molecule has 1 heterocycles. The van der Waals surface area contributed by atoms with Crippen LogP contribution in [0.25, 0.3) is 6.08 Å². The quantitative estimate of drug-likeness (QED) is 0.593. The van der Waals surface area contributed by atoms with E-state index in [0.717, 1.165) is 35.8 Å². The molecule has 0 aliphatic heterocycles. The monoisotopic (exact) mass is 400 g/mol. The highest BCUT2D eigenvalue weighted by atomic mass is 32.1. The van der Waals surface area contributed by atoms with Crippen LogP contribution in [0.2, 0.25) is 0 Å². The van der Waals surface area contributed by atoms with E-state index < -0.39 is 24.3 Å². The summed E-state index contributed by atoms with van der Waals surface area (Å²) in [7, 11) is 1.36. The molecule has 1 amide bonds. The van der Waals surface area contributed by atoms with E-state index in [0.29, 0.717) is 16.1 Å². The minimum atomic E-state index is -0.736. The largest absolute Gasteiger partial charge is 0.494 e. The summed E-state index contributed by atoms with van der Waals surface area (Å²) in [6.07, 6.45) is 5.26. The van der Waals surface area contributed by atoms with Gasteiger partial charge in [0.15, 0.2) is 18.2 Å². The van der Waals surface area contributed by atoms with Crippen LogP contribution in [0, 0.1) is 17.1 Å². The Morgan fingerprint density at radius 1 is 1.39 bits per heavy atom. The molecule has 1 aliphatic carbocycles. The Balaban J connectivity index is 1.53. The van der Waals surface area contributed by atoms with Crippen LogP contribution in [-0.2, 0) is 27.2 Å². The van der Waals surface area contributed by atoms with Crippen molar-refractivity contribution < 1.29 is 23.5 Å². The van der Waals surface area contributed by atoms with Gasteiger partial charge in [0.25, 0.3) is 5.91 Å². The van der Waals surface area contributed by atoms with Gasteiger partial charge in [-0.25, -0.2) is 9.18 Å². The number of thiophene rings is 1. The van der Waals surface area contributed by atoms with Crippen LogP contribution >= 0.6 is 11.3 Å². The van der Waals surface area contributed by atoms with Crippen molar-refractivity contribution in [1.29, 1.82) is 5.26 Å². The van der Waals surface area contributed by atoms with Gasteiger partial charge >= 0.3 is 5.97 Å². The number of nitriles is 1. The van der Waals surface area contributed by atoms with Gasteiger partial charge in [-0.15, -0.1) is 11.3 Å². The maximum Gasteiger partial charge on any atom is 0.331 e. The van der Waals surface area contributed by atoms with Crippen molar-refractivity contribution >= 4 is 34.3 Å². The number of nitrogens with one attached hydrogen (secondary N) is 1. The van der Waals surface area contributed by atoms with Gasteiger partial charge in [-0.05, 0) is 48.6 Å². The van der Waals surface area contributed by atoms with E-state index in [2.05, 4.69) is 11.4 Å². The molecular weight excluding hydrogens is 383 g/mol. The van der Waals surface area contributed by atoms with Gasteiger partial charge in [-0.1, -0.05) is 6.07 Å². The molecular formula is C20H17FN2O4S. The third-order valence-electron chi connectivity index (χ3n) is 4.22. The molecule has 2 aromatic rings. The van der Waals surface area contributed by atoms with Crippen LogP contribution in [0.4, 0.5) is 9.39 Å². The van der Waals surface area contributed by atoms with Gasteiger partial charge in [0.2, 0.25) is 0 Å². The number of ether oxygens (including phenoxy) is 2. The van der Waals surface area contributed by atoms with Crippen LogP contribution in [-0.4, -0.2) is 25.6 Å². The number of esters is 1. The van der Waals surface area contributed by atoms with Gasteiger partial charge in [0.05, 0.1) is 12.7 Å². The average molecular weight is 400 g/mol. The fraction of sp³-hybridized carbons (Fsp3) is 0.250. The number of carbonyl (C=O) groups is 2. The first-order valence-electron chi connectivity index (χ1n) is 8.54. The molecule has 0 fully saturated rings. The van der Waals surface area contributed by atoms with Crippen LogP contribution < -0.4 is 10.1 Å². The van der Waals surface area contributed by atoms with Gasteiger partial charge in [0, 0.05) is 11.0 Å². The zero-order valence-corrected chi connectivity index (χ0v) is 15.9. The molecule has 0 spiro atoms. The molecule has 0 bridgehead atoms. The van der Waals surface area contributed by atoms with E-state index in [1.54, 1.807) is 6.07 Å². The van der Waals surface area contributed by atoms with Crippen molar-refractivity contribution in [1.82, 2.24) is 0 Å². The standard InChI is InChI=1S/C20H17FN2O4S/c1-26-16-7-5-12(9-15(16)21)6-8-19(25)27-11-18(24)23-20-14(10-22)13-3-2-4-17(13)28-20/h5-9H,2-4,11H2,1H3,(H,23,24)/b8-6+. The molecule has 28 heavy (non-hydrogen) atoms. The van der Waals surface area contributed by atoms with Gasteiger partial charge < -0.3 is 14.8 Å². The minimum absolute atomic E-state index is 0.104. The van der Waals surface area contributed by atoms with E-state index in [-0.39, 0.29) is 5.75 Å². The fourth-order valence-electron chi connectivity index (χ4n) is 2.91. The lowest BCUT2D eigenvalue weighted by molar-refractivity contribution is -0.142. The summed E-state index contributed by atoms with van der Waals surface area (Å²) in [6.45, 7) is -0.479. The summed E-state index contributed by atoms with van der Waals surface area (Å²) in [5, 5.41) is 12.4. The highest BCUT2D eigenvalue weighted by Crippen LogP contribution is 2.38.